The van der Waals surface area contributed by atoms with Gasteiger partial charge in [0.15, 0.2) is 0 Å². The van der Waals surface area contributed by atoms with Gasteiger partial charge in [0.05, 0.1) is 40.2 Å². The first kappa shape index (κ1) is 27.0. The number of piperidine rings is 1. The summed E-state index contributed by atoms with van der Waals surface area (Å²) >= 11 is 0. The van der Waals surface area contributed by atoms with Gasteiger partial charge in [-0.05, 0) is 69.6 Å². The molecule has 0 aliphatic carbocycles. The van der Waals surface area contributed by atoms with Crippen LogP contribution in [0.5, 0.6) is 0 Å². The Balaban J connectivity index is 1.33. The molecule has 1 aliphatic heterocycles. The van der Waals surface area contributed by atoms with Crippen LogP contribution < -0.4 is 11.1 Å². The highest BCUT2D eigenvalue weighted by Gasteiger charge is 2.16. The topological polar surface area (TPSA) is 119 Å². The number of benzene rings is 1. The highest BCUT2D eigenvalue weighted by Crippen LogP contribution is 2.29. The Morgan fingerprint density at radius 2 is 1.98 bits per heavy atom. The van der Waals surface area contributed by atoms with Gasteiger partial charge in [-0.3, -0.25) is 9.97 Å². The van der Waals surface area contributed by atoms with Gasteiger partial charge >= 0.3 is 5.97 Å². The Morgan fingerprint density at radius 1 is 1.10 bits per heavy atom. The third-order valence-electron chi connectivity index (χ3n) is 7.10. The lowest BCUT2D eigenvalue weighted by molar-refractivity contribution is 0.0451. The molecule has 0 saturated carbocycles. The number of esters is 1. The van der Waals surface area contributed by atoms with Gasteiger partial charge in [-0.25, -0.2) is 9.78 Å². The average molecular weight is 535 g/mol. The summed E-state index contributed by atoms with van der Waals surface area (Å²) in [5.41, 5.74) is 13.4. The predicted molar refractivity (Wildman–Crippen MR) is 159 cm³/mol. The number of rotatable bonds is 8. The number of allylic oxidation sites excluding steroid dienone is 5. The number of nitrogens with two attached hydrogens (primary N) is 1. The highest BCUT2D eigenvalue weighted by molar-refractivity contribution is 5.90. The van der Waals surface area contributed by atoms with Crippen LogP contribution in [0.3, 0.4) is 0 Å². The van der Waals surface area contributed by atoms with Crippen LogP contribution in [0.1, 0.15) is 49.2 Å². The van der Waals surface area contributed by atoms with Crippen molar-refractivity contribution in [3.05, 3.63) is 96.3 Å². The molecule has 0 amide bonds. The van der Waals surface area contributed by atoms with Crippen LogP contribution in [0.4, 0.5) is 0 Å². The Bertz CT molecular complexity index is 1580. The van der Waals surface area contributed by atoms with Crippen LogP contribution in [0.15, 0.2) is 85.0 Å². The summed E-state index contributed by atoms with van der Waals surface area (Å²) in [6.45, 7) is 5.39. The van der Waals surface area contributed by atoms with E-state index >= 15 is 0 Å². The van der Waals surface area contributed by atoms with E-state index in [9.17, 15) is 4.79 Å². The minimum atomic E-state index is -0.358. The number of nitrogens with one attached hydrogen (secondary N) is 2. The second-order valence-corrected chi connectivity index (χ2v) is 9.95. The monoisotopic (exact) mass is 534 g/mol. The first-order valence-electron chi connectivity index (χ1n) is 13.6. The van der Waals surface area contributed by atoms with E-state index in [1.807, 2.05) is 68.5 Å². The number of H-pyrrole nitrogens is 1. The number of pyridine rings is 2. The van der Waals surface area contributed by atoms with Crippen LogP contribution in [0.25, 0.3) is 39.1 Å². The number of imidazole rings is 1. The Kier molecular flexibility index (Phi) is 8.47. The molecule has 1 fully saturated rings. The van der Waals surface area contributed by atoms with Crippen molar-refractivity contribution in [1.82, 2.24) is 25.3 Å². The number of ether oxygens (including phenoxy) is 1. The van der Waals surface area contributed by atoms with E-state index in [-0.39, 0.29) is 12.0 Å². The fourth-order valence-electron chi connectivity index (χ4n) is 4.65. The number of nitrogens with zero attached hydrogens (tertiary/aromatic N) is 3. The average Bonchev–Trinajstić information content (AvgIpc) is 3.50. The van der Waals surface area contributed by atoms with Crippen molar-refractivity contribution in [2.75, 3.05) is 13.2 Å². The lowest BCUT2D eigenvalue weighted by Gasteiger charge is -2.22. The summed E-state index contributed by atoms with van der Waals surface area (Å²) in [7, 11) is 0. The number of hydrogen-bond donors (Lipinski definition) is 3. The SMILES string of the molecule is C/C=C(C)/C=C\C=C(/N)c1[nH]cnc1-c1ccc2ncc(-c3ccc(C(=O)OC[C@@H]4CCCCN4)cn3)cc2c1. The number of fused-ring (bicyclic) bond motifs is 1. The Labute approximate surface area is 234 Å². The zero-order chi connectivity index (χ0) is 27.9. The lowest BCUT2D eigenvalue weighted by Crippen LogP contribution is -2.38. The fraction of sp³-hybridized carbons (Fsp3) is 0.250. The highest BCUT2D eigenvalue weighted by atomic mass is 16.5. The lowest BCUT2D eigenvalue weighted by atomic mass is 10.0. The van der Waals surface area contributed by atoms with Crippen molar-refractivity contribution in [2.45, 2.75) is 39.2 Å². The summed E-state index contributed by atoms with van der Waals surface area (Å²) in [6, 6.07) is 11.8. The molecule has 204 valence electrons. The molecule has 0 spiro atoms. The second kappa shape index (κ2) is 12.5. The van der Waals surface area contributed by atoms with Gasteiger partial charge in [-0.1, -0.05) is 36.3 Å². The summed E-state index contributed by atoms with van der Waals surface area (Å²) in [5, 5.41) is 4.33. The Morgan fingerprint density at radius 3 is 2.75 bits per heavy atom. The molecule has 4 N–H and O–H groups in total. The first-order valence-corrected chi connectivity index (χ1v) is 13.6. The van der Waals surface area contributed by atoms with Crippen molar-refractivity contribution < 1.29 is 9.53 Å². The number of aromatic amines is 1. The van der Waals surface area contributed by atoms with Gasteiger partial charge in [-0.2, -0.15) is 0 Å². The van der Waals surface area contributed by atoms with Crippen LogP contribution in [-0.2, 0) is 4.74 Å². The predicted octanol–water partition coefficient (Wildman–Crippen LogP) is 5.81. The quantitative estimate of drug-likeness (QED) is 0.193. The molecular formula is C32H34N6O2. The maximum absolute atomic E-state index is 12.5. The maximum atomic E-state index is 12.5. The van der Waals surface area contributed by atoms with Crippen molar-refractivity contribution in [3.63, 3.8) is 0 Å². The molecule has 3 aromatic heterocycles. The van der Waals surface area contributed by atoms with E-state index in [2.05, 4.69) is 25.3 Å². The molecule has 0 unspecified atom stereocenters. The zero-order valence-electron chi connectivity index (χ0n) is 22.9. The molecule has 4 aromatic rings. The van der Waals surface area contributed by atoms with E-state index < -0.39 is 0 Å². The third kappa shape index (κ3) is 6.35. The van der Waals surface area contributed by atoms with Crippen molar-refractivity contribution in [1.29, 1.82) is 0 Å². The van der Waals surface area contributed by atoms with Gasteiger partial charge in [0, 0.05) is 34.9 Å². The van der Waals surface area contributed by atoms with E-state index in [4.69, 9.17) is 10.5 Å². The molecule has 8 heteroatoms. The molecule has 1 atom stereocenters. The standard InChI is InChI=1S/C32H34N6O2/c1-3-21(2)7-6-9-27(33)31-30(37-20-38-31)22-10-12-28-24(15-22)16-25(18-36-28)29-13-11-23(17-35-29)32(39)40-19-26-8-4-5-14-34-26/h3,6-7,9-13,15-18,20,26,34H,4-5,8,14,19,33H2,1-2H3,(H,37,38)/b7-6-,21-3+,27-9-/t26-/m0/s1. The van der Waals surface area contributed by atoms with Gasteiger partial charge in [0.25, 0.3) is 0 Å². The van der Waals surface area contributed by atoms with Gasteiger partial charge in [0.2, 0.25) is 0 Å². The van der Waals surface area contributed by atoms with Crippen LogP contribution in [0, 0.1) is 0 Å². The normalized spacial score (nSPS) is 16.5. The van der Waals surface area contributed by atoms with Gasteiger partial charge in [0.1, 0.15) is 6.61 Å². The number of aromatic nitrogens is 4. The van der Waals surface area contributed by atoms with Crippen molar-refractivity contribution in [3.8, 4) is 22.5 Å². The third-order valence-corrected chi connectivity index (χ3v) is 7.10. The summed E-state index contributed by atoms with van der Waals surface area (Å²) in [4.78, 5) is 29.3. The van der Waals surface area contributed by atoms with E-state index in [0.717, 1.165) is 64.1 Å². The smallest absolute Gasteiger partial charge is 0.339 e. The van der Waals surface area contributed by atoms with E-state index in [0.29, 0.717) is 17.9 Å². The molecule has 0 bridgehead atoms. The van der Waals surface area contributed by atoms with Crippen LogP contribution >= 0.6 is 0 Å². The molecule has 0 radical (unpaired) electrons. The van der Waals surface area contributed by atoms with Crippen molar-refractivity contribution >= 4 is 22.6 Å². The van der Waals surface area contributed by atoms with E-state index in [1.54, 1.807) is 24.8 Å². The summed E-state index contributed by atoms with van der Waals surface area (Å²) < 4.78 is 5.50. The largest absolute Gasteiger partial charge is 0.460 e. The van der Waals surface area contributed by atoms with Crippen molar-refractivity contribution in [2.24, 2.45) is 5.73 Å². The number of carbonyl (C=O) groups is 1. The van der Waals surface area contributed by atoms with Crippen LogP contribution in [0.2, 0.25) is 0 Å². The molecule has 8 nitrogen and oxygen atoms in total. The number of carbonyl (C=O) groups excluding carboxylic acids is 1. The summed E-state index contributed by atoms with van der Waals surface area (Å²) in [6.07, 6.45) is 16.2. The minimum absolute atomic E-state index is 0.229. The van der Waals surface area contributed by atoms with Gasteiger partial charge in [-0.15, -0.1) is 0 Å². The van der Waals surface area contributed by atoms with Crippen LogP contribution in [-0.4, -0.2) is 45.1 Å². The molecule has 5 rings (SSSR count). The molecule has 1 saturated heterocycles. The second-order valence-electron chi connectivity index (χ2n) is 9.95. The molecular weight excluding hydrogens is 500 g/mol. The molecule has 4 heterocycles. The summed E-state index contributed by atoms with van der Waals surface area (Å²) in [5.74, 6) is -0.358. The van der Waals surface area contributed by atoms with E-state index in [1.165, 1.54) is 6.42 Å². The first-order chi connectivity index (χ1) is 19.5. The fourth-order valence-corrected chi connectivity index (χ4v) is 4.65. The number of hydrogen-bond acceptors (Lipinski definition) is 7. The molecule has 40 heavy (non-hydrogen) atoms. The molecule has 1 aliphatic rings. The Hall–Kier alpha value is -4.56. The zero-order valence-corrected chi connectivity index (χ0v) is 22.9. The van der Waals surface area contributed by atoms with Gasteiger partial charge < -0.3 is 20.8 Å². The minimum Gasteiger partial charge on any atom is -0.460 e. The molecule has 1 aromatic carbocycles. The maximum Gasteiger partial charge on any atom is 0.339 e.